The third-order valence-electron chi connectivity index (χ3n) is 6.24. The number of ether oxygens (including phenoxy) is 2. The Bertz CT molecular complexity index is 426. The number of morpholine rings is 2. The van der Waals surface area contributed by atoms with E-state index in [-0.39, 0.29) is 6.10 Å². The lowest BCUT2D eigenvalue weighted by Crippen LogP contribution is -2.59. The number of nitrogens with zero attached hydrogens (tertiary/aromatic N) is 2. The minimum Gasteiger partial charge on any atom is -0.375 e. The number of fused-ring (bicyclic) bond motifs is 2. The van der Waals surface area contributed by atoms with E-state index in [0.717, 1.165) is 39.0 Å². The molecule has 23 heavy (non-hydrogen) atoms. The average molecular weight is 322 g/mol. The molecule has 5 heteroatoms. The van der Waals surface area contributed by atoms with Crippen molar-refractivity contribution in [2.75, 3.05) is 32.8 Å². The summed E-state index contributed by atoms with van der Waals surface area (Å²) in [5.74, 6) is 0.316. The molecule has 0 aromatic rings. The zero-order chi connectivity index (χ0) is 15.6. The minimum atomic E-state index is 0.286. The highest BCUT2D eigenvalue weighted by Gasteiger charge is 2.39. The second-order valence-corrected chi connectivity index (χ2v) is 7.58. The number of amides is 1. The molecular weight excluding hydrogens is 292 g/mol. The maximum absolute atomic E-state index is 13.0. The van der Waals surface area contributed by atoms with Gasteiger partial charge in [-0.15, -0.1) is 0 Å². The second-order valence-electron chi connectivity index (χ2n) is 7.58. The Hall–Kier alpha value is -0.650. The smallest absolute Gasteiger partial charge is 0.237 e. The molecule has 4 aliphatic rings. The van der Waals surface area contributed by atoms with Crippen LogP contribution in [-0.4, -0.2) is 72.8 Å². The molecule has 2 saturated carbocycles. The number of hydrogen-bond donors (Lipinski definition) is 0. The van der Waals surface area contributed by atoms with Crippen LogP contribution in [0, 0.1) is 0 Å². The molecule has 2 heterocycles. The second kappa shape index (κ2) is 7.08. The summed E-state index contributed by atoms with van der Waals surface area (Å²) < 4.78 is 11.8. The van der Waals surface area contributed by atoms with Gasteiger partial charge in [0.15, 0.2) is 0 Å². The van der Waals surface area contributed by atoms with Crippen molar-refractivity contribution in [2.45, 2.75) is 75.7 Å². The van der Waals surface area contributed by atoms with E-state index >= 15 is 0 Å². The number of carbonyl (C=O) groups excluding carboxylic acids is 1. The summed E-state index contributed by atoms with van der Waals surface area (Å²) in [6.45, 7) is 3.75. The van der Waals surface area contributed by atoms with E-state index in [1.54, 1.807) is 0 Å². The molecule has 4 atom stereocenters. The van der Waals surface area contributed by atoms with E-state index in [1.165, 1.54) is 32.1 Å². The van der Waals surface area contributed by atoms with Crippen molar-refractivity contribution in [3.8, 4) is 0 Å². The van der Waals surface area contributed by atoms with Crippen molar-refractivity contribution in [3.05, 3.63) is 0 Å². The van der Waals surface area contributed by atoms with Crippen LogP contribution >= 0.6 is 0 Å². The van der Waals surface area contributed by atoms with Crippen molar-refractivity contribution >= 4 is 5.91 Å². The molecule has 4 fully saturated rings. The fourth-order valence-corrected chi connectivity index (χ4v) is 5.04. The Morgan fingerprint density at radius 2 is 1.43 bits per heavy atom. The average Bonchev–Trinajstić information content (AvgIpc) is 2.61. The van der Waals surface area contributed by atoms with Gasteiger partial charge in [0.05, 0.1) is 38.0 Å². The Kier molecular flexibility index (Phi) is 4.88. The molecule has 0 aromatic carbocycles. The topological polar surface area (TPSA) is 42.0 Å². The molecule has 2 aliphatic heterocycles. The Labute approximate surface area is 139 Å². The lowest BCUT2D eigenvalue weighted by Gasteiger charge is -2.47. The van der Waals surface area contributed by atoms with Crippen LogP contribution in [0.3, 0.4) is 0 Å². The molecule has 130 valence electrons. The van der Waals surface area contributed by atoms with Gasteiger partial charge in [-0.25, -0.2) is 0 Å². The highest BCUT2D eigenvalue weighted by molar-refractivity contribution is 5.79. The van der Waals surface area contributed by atoms with Crippen molar-refractivity contribution in [1.29, 1.82) is 0 Å². The van der Waals surface area contributed by atoms with Gasteiger partial charge in [0, 0.05) is 19.1 Å². The number of carbonyl (C=O) groups is 1. The normalized spacial score (nSPS) is 38.7. The Morgan fingerprint density at radius 1 is 0.826 bits per heavy atom. The number of rotatable bonds is 2. The maximum atomic E-state index is 13.0. The predicted molar refractivity (Wildman–Crippen MR) is 87.3 cm³/mol. The summed E-state index contributed by atoms with van der Waals surface area (Å²) in [5.41, 5.74) is 0. The van der Waals surface area contributed by atoms with Gasteiger partial charge in [0.25, 0.3) is 0 Å². The molecule has 0 spiro atoms. The molecule has 2 aliphatic carbocycles. The third kappa shape index (κ3) is 3.28. The molecule has 0 bridgehead atoms. The molecule has 2 saturated heterocycles. The van der Waals surface area contributed by atoms with Crippen LogP contribution in [0.2, 0.25) is 0 Å². The van der Waals surface area contributed by atoms with Crippen LogP contribution in [0.25, 0.3) is 0 Å². The van der Waals surface area contributed by atoms with Crippen LogP contribution in [0.5, 0.6) is 0 Å². The zero-order valence-corrected chi connectivity index (χ0v) is 14.1. The molecule has 0 radical (unpaired) electrons. The van der Waals surface area contributed by atoms with Gasteiger partial charge in [-0.05, 0) is 25.7 Å². The van der Waals surface area contributed by atoms with E-state index in [9.17, 15) is 4.79 Å². The Balaban J connectivity index is 1.40. The molecule has 5 nitrogen and oxygen atoms in total. The van der Waals surface area contributed by atoms with E-state index < -0.39 is 0 Å². The molecule has 1 amide bonds. The third-order valence-corrected chi connectivity index (χ3v) is 6.24. The van der Waals surface area contributed by atoms with Crippen LogP contribution < -0.4 is 0 Å². The lowest BCUT2D eigenvalue weighted by molar-refractivity contribution is -0.155. The SMILES string of the molecule is O=C(CN1CCOC2CCCCC21)N1CCOC2CCCCC21. The molecule has 0 aromatic heterocycles. The van der Waals surface area contributed by atoms with Gasteiger partial charge in [-0.1, -0.05) is 25.7 Å². The van der Waals surface area contributed by atoms with Crippen molar-refractivity contribution in [3.63, 3.8) is 0 Å². The van der Waals surface area contributed by atoms with Gasteiger partial charge in [-0.2, -0.15) is 0 Å². The van der Waals surface area contributed by atoms with E-state index in [2.05, 4.69) is 9.80 Å². The molecule has 0 N–H and O–H groups in total. The van der Waals surface area contributed by atoms with Gasteiger partial charge in [0.1, 0.15) is 0 Å². The van der Waals surface area contributed by atoms with Crippen molar-refractivity contribution in [2.24, 2.45) is 0 Å². The van der Waals surface area contributed by atoms with Gasteiger partial charge >= 0.3 is 0 Å². The van der Waals surface area contributed by atoms with Crippen LogP contribution in [0.4, 0.5) is 0 Å². The first-order chi connectivity index (χ1) is 11.3. The first kappa shape index (κ1) is 15.9. The van der Waals surface area contributed by atoms with E-state index in [0.29, 0.717) is 37.2 Å². The van der Waals surface area contributed by atoms with Gasteiger partial charge in [0.2, 0.25) is 5.91 Å². The van der Waals surface area contributed by atoms with Crippen LogP contribution in [0.1, 0.15) is 51.4 Å². The van der Waals surface area contributed by atoms with Gasteiger partial charge < -0.3 is 14.4 Å². The maximum Gasteiger partial charge on any atom is 0.237 e. The highest BCUT2D eigenvalue weighted by Crippen LogP contribution is 2.30. The summed E-state index contributed by atoms with van der Waals surface area (Å²) in [7, 11) is 0. The highest BCUT2D eigenvalue weighted by atomic mass is 16.5. The minimum absolute atomic E-state index is 0.286. The summed E-state index contributed by atoms with van der Waals surface area (Å²) in [4.78, 5) is 17.5. The first-order valence-corrected chi connectivity index (χ1v) is 9.59. The summed E-state index contributed by atoms with van der Waals surface area (Å²) >= 11 is 0. The lowest BCUT2D eigenvalue weighted by atomic mass is 9.89. The zero-order valence-electron chi connectivity index (χ0n) is 14.1. The molecular formula is C18H30N2O3. The quantitative estimate of drug-likeness (QED) is 0.777. The Morgan fingerprint density at radius 3 is 2.22 bits per heavy atom. The number of hydrogen-bond acceptors (Lipinski definition) is 4. The van der Waals surface area contributed by atoms with E-state index in [1.807, 2.05) is 0 Å². The standard InChI is InChI=1S/C18H30N2O3/c21-18(20-10-12-23-17-8-4-2-6-15(17)20)13-19-9-11-22-16-7-3-1-5-14(16)19/h14-17H,1-13H2. The van der Waals surface area contributed by atoms with Crippen LogP contribution in [-0.2, 0) is 14.3 Å². The summed E-state index contributed by atoms with van der Waals surface area (Å²) in [5, 5.41) is 0. The first-order valence-electron chi connectivity index (χ1n) is 9.59. The van der Waals surface area contributed by atoms with Crippen molar-refractivity contribution in [1.82, 2.24) is 9.80 Å². The fraction of sp³-hybridized carbons (Fsp3) is 0.944. The van der Waals surface area contributed by atoms with Crippen molar-refractivity contribution < 1.29 is 14.3 Å². The van der Waals surface area contributed by atoms with Gasteiger partial charge in [-0.3, -0.25) is 9.69 Å². The monoisotopic (exact) mass is 322 g/mol. The van der Waals surface area contributed by atoms with E-state index in [4.69, 9.17) is 9.47 Å². The largest absolute Gasteiger partial charge is 0.375 e. The molecule has 4 rings (SSSR count). The fourth-order valence-electron chi connectivity index (χ4n) is 5.04. The predicted octanol–water partition coefficient (Wildman–Crippen LogP) is 1.80. The summed E-state index contributed by atoms with van der Waals surface area (Å²) in [6.07, 6.45) is 10.3. The molecule has 4 unspecified atom stereocenters. The van der Waals surface area contributed by atoms with Crippen LogP contribution in [0.15, 0.2) is 0 Å². The summed E-state index contributed by atoms with van der Waals surface area (Å²) in [6, 6.07) is 0.790.